The standard InChI is InChI=1S/C17H16ClN3/c1-12-14(6-4-7-16(12)18)15(17-10-19-11-21-17)9-13-5-2-3-8-20-13/h2-8,10-11,15H,9H2,1H3,(H,19,21). The quantitative estimate of drug-likeness (QED) is 0.786. The van der Waals surface area contributed by atoms with Gasteiger partial charge in [-0.05, 0) is 36.2 Å². The number of benzene rings is 1. The third-order valence-electron chi connectivity index (χ3n) is 3.72. The number of H-pyrrole nitrogens is 1. The predicted molar refractivity (Wildman–Crippen MR) is 84.6 cm³/mol. The number of imidazole rings is 1. The van der Waals surface area contributed by atoms with Gasteiger partial charge in [0.1, 0.15) is 0 Å². The number of halogens is 1. The van der Waals surface area contributed by atoms with E-state index in [2.05, 4.69) is 27.9 Å². The number of hydrogen-bond donors (Lipinski definition) is 1. The molecule has 3 nitrogen and oxygen atoms in total. The molecular formula is C17H16ClN3. The van der Waals surface area contributed by atoms with Crippen molar-refractivity contribution in [3.8, 4) is 0 Å². The Labute approximate surface area is 129 Å². The van der Waals surface area contributed by atoms with Crippen LogP contribution in [0.5, 0.6) is 0 Å². The van der Waals surface area contributed by atoms with Crippen molar-refractivity contribution in [2.24, 2.45) is 0 Å². The Morgan fingerprint density at radius 3 is 2.81 bits per heavy atom. The summed E-state index contributed by atoms with van der Waals surface area (Å²) in [5.41, 5.74) is 4.44. The average molecular weight is 298 g/mol. The Balaban J connectivity index is 2.03. The Morgan fingerprint density at radius 1 is 1.19 bits per heavy atom. The minimum absolute atomic E-state index is 0.168. The van der Waals surface area contributed by atoms with Gasteiger partial charge in [-0.25, -0.2) is 4.98 Å². The molecule has 0 spiro atoms. The number of nitrogens with one attached hydrogen (secondary N) is 1. The Kier molecular flexibility index (Phi) is 4.02. The highest BCUT2D eigenvalue weighted by molar-refractivity contribution is 6.31. The molecule has 0 amide bonds. The maximum Gasteiger partial charge on any atom is 0.0921 e. The summed E-state index contributed by atoms with van der Waals surface area (Å²) < 4.78 is 0. The van der Waals surface area contributed by atoms with Crippen LogP contribution in [0.2, 0.25) is 5.02 Å². The largest absolute Gasteiger partial charge is 0.348 e. The van der Waals surface area contributed by atoms with Crippen LogP contribution in [0.15, 0.2) is 55.1 Å². The molecule has 21 heavy (non-hydrogen) atoms. The zero-order valence-corrected chi connectivity index (χ0v) is 12.5. The van der Waals surface area contributed by atoms with Crippen LogP contribution in [-0.2, 0) is 6.42 Å². The van der Waals surface area contributed by atoms with Crippen LogP contribution >= 0.6 is 11.6 Å². The number of aromatic nitrogens is 3. The number of pyridine rings is 1. The van der Waals surface area contributed by atoms with E-state index in [-0.39, 0.29) is 5.92 Å². The van der Waals surface area contributed by atoms with Gasteiger partial charge >= 0.3 is 0 Å². The van der Waals surface area contributed by atoms with E-state index < -0.39 is 0 Å². The van der Waals surface area contributed by atoms with Gasteiger partial charge in [-0.15, -0.1) is 0 Å². The summed E-state index contributed by atoms with van der Waals surface area (Å²) >= 11 is 6.28. The summed E-state index contributed by atoms with van der Waals surface area (Å²) in [5.74, 6) is 0.168. The SMILES string of the molecule is Cc1c(Cl)cccc1C(Cc1ccccn1)c1cnc[nH]1. The minimum atomic E-state index is 0.168. The lowest BCUT2D eigenvalue weighted by Gasteiger charge is -2.18. The van der Waals surface area contributed by atoms with Crippen LogP contribution in [0.25, 0.3) is 0 Å². The van der Waals surface area contributed by atoms with Crippen LogP contribution in [0.4, 0.5) is 0 Å². The second-order valence-corrected chi connectivity index (χ2v) is 5.45. The summed E-state index contributed by atoms with van der Waals surface area (Å²) in [5, 5.41) is 0.790. The average Bonchev–Trinajstić information content (AvgIpc) is 3.03. The zero-order valence-electron chi connectivity index (χ0n) is 11.8. The summed E-state index contributed by atoms with van der Waals surface area (Å²) in [4.78, 5) is 11.8. The smallest absolute Gasteiger partial charge is 0.0921 e. The van der Waals surface area contributed by atoms with Crippen LogP contribution < -0.4 is 0 Å². The van der Waals surface area contributed by atoms with Gasteiger partial charge in [0.15, 0.2) is 0 Å². The molecule has 106 valence electrons. The molecule has 1 atom stereocenters. The maximum absolute atomic E-state index is 6.28. The second kappa shape index (κ2) is 6.10. The molecule has 0 aliphatic carbocycles. The van der Waals surface area contributed by atoms with Crippen molar-refractivity contribution in [3.63, 3.8) is 0 Å². The molecule has 0 radical (unpaired) electrons. The van der Waals surface area contributed by atoms with Crippen molar-refractivity contribution >= 4 is 11.6 Å². The molecule has 0 saturated heterocycles. The first-order chi connectivity index (χ1) is 10.3. The van der Waals surface area contributed by atoms with E-state index in [0.29, 0.717) is 0 Å². The zero-order chi connectivity index (χ0) is 14.7. The van der Waals surface area contributed by atoms with Gasteiger partial charge < -0.3 is 4.98 Å². The maximum atomic E-state index is 6.28. The summed E-state index contributed by atoms with van der Waals surface area (Å²) in [6.07, 6.45) is 6.21. The van der Waals surface area contributed by atoms with Gasteiger partial charge in [0, 0.05) is 41.1 Å². The Bertz CT molecular complexity index is 708. The summed E-state index contributed by atoms with van der Waals surface area (Å²) in [6.45, 7) is 2.06. The first kappa shape index (κ1) is 13.8. The van der Waals surface area contributed by atoms with Crippen molar-refractivity contribution in [3.05, 3.63) is 82.7 Å². The van der Waals surface area contributed by atoms with Gasteiger partial charge in [-0.3, -0.25) is 4.98 Å². The fraction of sp³-hybridized carbons (Fsp3) is 0.176. The van der Waals surface area contributed by atoms with E-state index in [1.165, 1.54) is 5.56 Å². The third kappa shape index (κ3) is 2.98. The van der Waals surface area contributed by atoms with E-state index in [4.69, 9.17) is 11.6 Å². The van der Waals surface area contributed by atoms with E-state index in [1.807, 2.05) is 42.7 Å². The molecule has 4 heteroatoms. The molecule has 2 heterocycles. The molecule has 1 aromatic carbocycles. The lowest BCUT2D eigenvalue weighted by Crippen LogP contribution is -2.08. The van der Waals surface area contributed by atoms with Gasteiger partial charge in [0.05, 0.1) is 6.33 Å². The minimum Gasteiger partial charge on any atom is -0.348 e. The van der Waals surface area contributed by atoms with Crippen LogP contribution in [0.3, 0.4) is 0 Å². The van der Waals surface area contributed by atoms with E-state index in [0.717, 1.165) is 28.4 Å². The molecule has 0 aliphatic rings. The first-order valence-electron chi connectivity index (χ1n) is 6.89. The van der Waals surface area contributed by atoms with E-state index >= 15 is 0 Å². The van der Waals surface area contributed by atoms with Gasteiger partial charge in [0.2, 0.25) is 0 Å². The van der Waals surface area contributed by atoms with Crippen molar-refractivity contribution in [1.29, 1.82) is 0 Å². The molecule has 3 aromatic rings. The molecule has 0 bridgehead atoms. The number of nitrogens with zero attached hydrogens (tertiary/aromatic N) is 2. The van der Waals surface area contributed by atoms with Crippen molar-refractivity contribution in [2.75, 3.05) is 0 Å². The lowest BCUT2D eigenvalue weighted by atomic mass is 9.88. The molecule has 1 unspecified atom stereocenters. The second-order valence-electron chi connectivity index (χ2n) is 5.04. The molecule has 3 rings (SSSR count). The fourth-order valence-corrected chi connectivity index (χ4v) is 2.76. The Morgan fingerprint density at radius 2 is 2.10 bits per heavy atom. The molecule has 0 fully saturated rings. The molecular weight excluding hydrogens is 282 g/mol. The monoisotopic (exact) mass is 297 g/mol. The lowest BCUT2D eigenvalue weighted by molar-refractivity contribution is 0.756. The molecule has 2 aromatic heterocycles. The number of hydrogen-bond acceptors (Lipinski definition) is 2. The van der Waals surface area contributed by atoms with Crippen LogP contribution in [0, 0.1) is 6.92 Å². The highest BCUT2D eigenvalue weighted by Gasteiger charge is 2.19. The fourth-order valence-electron chi connectivity index (χ4n) is 2.57. The van der Waals surface area contributed by atoms with E-state index in [9.17, 15) is 0 Å². The van der Waals surface area contributed by atoms with E-state index in [1.54, 1.807) is 6.33 Å². The van der Waals surface area contributed by atoms with Crippen molar-refractivity contribution in [2.45, 2.75) is 19.3 Å². The van der Waals surface area contributed by atoms with Crippen molar-refractivity contribution in [1.82, 2.24) is 15.0 Å². The normalized spacial score (nSPS) is 12.3. The molecule has 0 aliphatic heterocycles. The predicted octanol–water partition coefficient (Wildman–Crippen LogP) is 4.14. The van der Waals surface area contributed by atoms with Crippen LogP contribution in [0.1, 0.15) is 28.4 Å². The highest BCUT2D eigenvalue weighted by Crippen LogP contribution is 2.31. The number of aromatic amines is 1. The van der Waals surface area contributed by atoms with Crippen LogP contribution in [-0.4, -0.2) is 15.0 Å². The highest BCUT2D eigenvalue weighted by atomic mass is 35.5. The molecule has 0 saturated carbocycles. The number of rotatable bonds is 4. The van der Waals surface area contributed by atoms with Gasteiger partial charge in [-0.1, -0.05) is 29.8 Å². The van der Waals surface area contributed by atoms with Gasteiger partial charge in [0.25, 0.3) is 0 Å². The summed E-state index contributed by atoms with van der Waals surface area (Å²) in [7, 11) is 0. The Hall–Kier alpha value is -2.13. The molecule has 1 N–H and O–H groups in total. The summed E-state index contributed by atoms with van der Waals surface area (Å²) in [6, 6.07) is 12.0. The van der Waals surface area contributed by atoms with Gasteiger partial charge in [-0.2, -0.15) is 0 Å². The van der Waals surface area contributed by atoms with Crippen molar-refractivity contribution < 1.29 is 0 Å². The third-order valence-corrected chi connectivity index (χ3v) is 4.13. The topological polar surface area (TPSA) is 41.6 Å². The first-order valence-corrected chi connectivity index (χ1v) is 7.26.